The van der Waals surface area contributed by atoms with E-state index in [-0.39, 0.29) is 11.7 Å². The zero-order valence-electron chi connectivity index (χ0n) is 16.8. The monoisotopic (exact) mass is 419 g/mol. The molecule has 0 unspecified atom stereocenters. The van der Waals surface area contributed by atoms with Crippen molar-refractivity contribution in [1.82, 2.24) is 4.98 Å². The second-order valence-corrected chi connectivity index (χ2v) is 6.92. The number of carbonyl (C=O) groups is 1. The highest BCUT2D eigenvalue weighted by Crippen LogP contribution is 2.27. The van der Waals surface area contributed by atoms with Gasteiger partial charge in [0.1, 0.15) is 5.75 Å². The molecule has 0 spiro atoms. The Kier molecular flexibility index (Phi) is 6.54. The summed E-state index contributed by atoms with van der Waals surface area (Å²) in [6, 6.07) is 15.6. The van der Waals surface area contributed by atoms with Crippen LogP contribution in [0.2, 0.25) is 0 Å². The number of aromatic nitrogens is 1. The quantitative estimate of drug-likeness (QED) is 0.596. The number of nitrogens with one attached hydrogen (secondary N) is 1. The molecule has 0 aliphatic carbocycles. The Labute approximate surface area is 179 Å². The molecule has 6 nitrogen and oxygen atoms in total. The van der Waals surface area contributed by atoms with Gasteiger partial charge in [-0.05, 0) is 48.0 Å². The van der Waals surface area contributed by atoms with Crippen LogP contribution in [-0.2, 0) is 9.53 Å². The Balaban J connectivity index is 1.41. The summed E-state index contributed by atoms with van der Waals surface area (Å²) in [6.45, 7) is 2.87. The van der Waals surface area contributed by atoms with Crippen molar-refractivity contribution in [2.75, 3.05) is 36.5 Å². The van der Waals surface area contributed by atoms with E-state index in [4.69, 9.17) is 9.47 Å². The molecule has 1 saturated heterocycles. The van der Waals surface area contributed by atoms with Gasteiger partial charge >= 0.3 is 0 Å². The fourth-order valence-electron chi connectivity index (χ4n) is 3.24. The summed E-state index contributed by atoms with van der Waals surface area (Å²) in [5.74, 6) is -0.280. The minimum Gasteiger partial charge on any atom is -0.453 e. The minimum absolute atomic E-state index is 0.0917. The van der Waals surface area contributed by atoms with Gasteiger partial charge in [0.25, 0.3) is 0 Å². The number of rotatable bonds is 6. The van der Waals surface area contributed by atoms with Gasteiger partial charge in [0.2, 0.25) is 5.91 Å². The van der Waals surface area contributed by atoms with Crippen LogP contribution in [0.25, 0.3) is 6.08 Å². The van der Waals surface area contributed by atoms with Crippen molar-refractivity contribution in [3.05, 3.63) is 84.4 Å². The molecular formula is C24H22FN3O3. The summed E-state index contributed by atoms with van der Waals surface area (Å²) in [6.07, 6.45) is 6.06. The molecule has 4 rings (SSSR count). The normalized spacial score (nSPS) is 13.9. The largest absolute Gasteiger partial charge is 0.453 e. The first-order chi connectivity index (χ1) is 15.2. The molecule has 158 valence electrons. The van der Waals surface area contributed by atoms with Crippen molar-refractivity contribution in [2.24, 2.45) is 0 Å². The summed E-state index contributed by atoms with van der Waals surface area (Å²) >= 11 is 0. The molecule has 0 radical (unpaired) electrons. The second-order valence-electron chi connectivity index (χ2n) is 6.92. The molecule has 2 heterocycles. The van der Waals surface area contributed by atoms with Crippen molar-refractivity contribution in [3.8, 4) is 11.5 Å². The molecule has 1 aromatic heterocycles. The highest BCUT2D eigenvalue weighted by molar-refractivity contribution is 6.03. The Morgan fingerprint density at radius 3 is 2.74 bits per heavy atom. The molecule has 31 heavy (non-hydrogen) atoms. The van der Waals surface area contributed by atoms with Gasteiger partial charge in [0.15, 0.2) is 11.6 Å². The van der Waals surface area contributed by atoms with E-state index in [0.29, 0.717) is 24.5 Å². The van der Waals surface area contributed by atoms with Gasteiger partial charge in [0, 0.05) is 25.4 Å². The van der Waals surface area contributed by atoms with E-state index < -0.39 is 5.82 Å². The van der Waals surface area contributed by atoms with Crippen molar-refractivity contribution in [1.29, 1.82) is 0 Å². The molecule has 2 aromatic carbocycles. The number of nitrogens with zero attached hydrogens (tertiary/aromatic N) is 2. The number of hydrogen-bond donors (Lipinski definition) is 1. The third kappa shape index (κ3) is 5.46. The Bertz CT molecular complexity index is 1070. The molecule has 0 bridgehead atoms. The number of morpholine rings is 1. The van der Waals surface area contributed by atoms with Crippen molar-refractivity contribution in [3.63, 3.8) is 0 Å². The molecule has 3 aromatic rings. The maximum absolute atomic E-state index is 14.4. The smallest absolute Gasteiger partial charge is 0.248 e. The van der Waals surface area contributed by atoms with Crippen LogP contribution in [0.5, 0.6) is 11.5 Å². The Hall–Kier alpha value is -3.71. The van der Waals surface area contributed by atoms with Crippen LogP contribution < -0.4 is 15.0 Å². The van der Waals surface area contributed by atoms with E-state index in [1.807, 2.05) is 24.3 Å². The highest BCUT2D eigenvalue weighted by atomic mass is 19.1. The van der Waals surface area contributed by atoms with Crippen molar-refractivity contribution >= 4 is 23.4 Å². The SMILES string of the molecule is O=C(/C=C/c1ccc(Oc2cccnc2)c(F)c1)Nc1ccccc1N1CCOCC1. The van der Waals surface area contributed by atoms with E-state index in [1.165, 1.54) is 24.4 Å². The van der Waals surface area contributed by atoms with Gasteiger partial charge < -0.3 is 19.7 Å². The third-order valence-corrected chi connectivity index (χ3v) is 4.76. The van der Waals surface area contributed by atoms with Crippen LogP contribution in [0.1, 0.15) is 5.56 Å². The number of amides is 1. The number of para-hydroxylation sites is 2. The number of ether oxygens (including phenoxy) is 2. The lowest BCUT2D eigenvalue weighted by atomic mass is 10.2. The molecule has 0 saturated carbocycles. The molecule has 1 amide bonds. The van der Waals surface area contributed by atoms with Crippen molar-refractivity contribution < 1.29 is 18.7 Å². The zero-order valence-corrected chi connectivity index (χ0v) is 16.8. The molecule has 1 fully saturated rings. The number of anilines is 2. The Morgan fingerprint density at radius 2 is 1.97 bits per heavy atom. The van der Waals surface area contributed by atoms with Crippen molar-refractivity contribution in [2.45, 2.75) is 0 Å². The highest BCUT2D eigenvalue weighted by Gasteiger charge is 2.15. The zero-order chi connectivity index (χ0) is 21.5. The molecule has 7 heteroatoms. The van der Waals surface area contributed by atoms with E-state index >= 15 is 0 Å². The molecule has 1 aliphatic heterocycles. The van der Waals surface area contributed by atoms with Gasteiger partial charge in [-0.15, -0.1) is 0 Å². The lowest BCUT2D eigenvalue weighted by Crippen LogP contribution is -2.36. The van der Waals surface area contributed by atoms with Crippen LogP contribution in [0.15, 0.2) is 73.1 Å². The molecular weight excluding hydrogens is 397 g/mol. The van der Waals surface area contributed by atoms with Gasteiger partial charge in [0.05, 0.1) is 30.8 Å². The standard InChI is InChI=1S/C24H22FN3O3/c25-20-16-18(7-9-23(20)31-19-4-3-11-26-17-19)8-10-24(29)27-21-5-1-2-6-22(21)28-12-14-30-15-13-28/h1-11,16-17H,12-15H2,(H,27,29)/b10-8+. The summed E-state index contributed by atoms with van der Waals surface area (Å²) in [4.78, 5) is 18.6. The van der Waals surface area contributed by atoms with Crippen LogP contribution in [0.4, 0.5) is 15.8 Å². The van der Waals surface area contributed by atoms with Gasteiger partial charge in [-0.2, -0.15) is 0 Å². The summed E-state index contributed by atoms with van der Waals surface area (Å²) < 4.78 is 25.3. The summed E-state index contributed by atoms with van der Waals surface area (Å²) in [5, 5.41) is 2.90. The molecule has 0 atom stereocenters. The number of hydrogen-bond acceptors (Lipinski definition) is 5. The van der Waals surface area contributed by atoms with Gasteiger partial charge in [-0.25, -0.2) is 4.39 Å². The van der Waals surface area contributed by atoms with E-state index in [9.17, 15) is 9.18 Å². The number of pyridine rings is 1. The third-order valence-electron chi connectivity index (χ3n) is 4.76. The predicted octanol–water partition coefficient (Wildman–Crippen LogP) is 4.50. The first kappa shape index (κ1) is 20.6. The van der Waals surface area contributed by atoms with Crippen LogP contribution in [0, 0.1) is 5.82 Å². The van der Waals surface area contributed by atoms with Crippen LogP contribution >= 0.6 is 0 Å². The fourth-order valence-corrected chi connectivity index (χ4v) is 3.24. The van der Waals surface area contributed by atoms with Gasteiger partial charge in [-0.3, -0.25) is 9.78 Å². The first-order valence-corrected chi connectivity index (χ1v) is 9.97. The molecule has 1 aliphatic rings. The summed E-state index contributed by atoms with van der Waals surface area (Å²) in [7, 11) is 0. The number of carbonyl (C=O) groups excluding carboxylic acids is 1. The maximum atomic E-state index is 14.4. The Morgan fingerprint density at radius 1 is 1.13 bits per heavy atom. The maximum Gasteiger partial charge on any atom is 0.248 e. The van der Waals surface area contributed by atoms with E-state index in [0.717, 1.165) is 24.5 Å². The van der Waals surface area contributed by atoms with Crippen LogP contribution in [0.3, 0.4) is 0 Å². The van der Waals surface area contributed by atoms with E-state index in [1.54, 1.807) is 30.5 Å². The lowest BCUT2D eigenvalue weighted by molar-refractivity contribution is -0.111. The fraction of sp³-hybridized carbons (Fsp3) is 0.167. The average Bonchev–Trinajstić information content (AvgIpc) is 2.81. The average molecular weight is 419 g/mol. The second kappa shape index (κ2) is 9.86. The first-order valence-electron chi connectivity index (χ1n) is 9.97. The van der Waals surface area contributed by atoms with Gasteiger partial charge in [-0.1, -0.05) is 18.2 Å². The predicted molar refractivity (Wildman–Crippen MR) is 118 cm³/mol. The number of halogens is 1. The van der Waals surface area contributed by atoms with Crippen LogP contribution in [-0.4, -0.2) is 37.2 Å². The minimum atomic E-state index is -0.524. The topological polar surface area (TPSA) is 63.7 Å². The summed E-state index contributed by atoms with van der Waals surface area (Å²) in [5.41, 5.74) is 2.23. The lowest BCUT2D eigenvalue weighted by Gasteiger charge is -2.30. The van der Waals surface area contributed by atoms with E-state index in [2.05, 4.69) is 15.2 Å². The number of benzene rings is 2. The molecule has 1 N–H and O–H groups in total.